The van der Waals surface area contributed by atoms with Gasteiger partial charge >= 0.3 is 0 Å². The van der Waals surface area contributed by atoms with Crippen molar-refractivity contribution in [1.29, 1.82) is 0 Å². The fourth-order valence-electron chi connectivity index (χ4n) is 0.201. The normalized spacial score (nSPS) is 14.8. The molecular formula is C4H6Cl2OS. The van der Waals surface area contributed by atoms with Crippen LogP contribution in [-0.4, -0.2) is 15.8 Å². The van der Waals surface area contributed by atoms with Crippen LogP contribution >= 0.6 is 23.2 Å². The van der Waals surface area contributed by atoms with Crippen molar-refractivity contribution in [1.82, 2.24) is 0 Å². The minimum absolute atomic E-state index is 0.411. The van der Waals surface area contributed by atoms with Crippen LogP contribution in [0.25, 0.3) is 0 Å². The lowest BCUT2D eigenvalue weighted by atomic mass is 11.0. The highest BCUT2D eigenvalue weighted by Crippen LogP contribution is 1.88. The maximum absolute atomic E-state index is 10.5. The van der Waals surface area contributed by atoms with Crippen LogP contribution in [-0.2, 0) is 10.8 Å². The molecule has 0 aromatic carbocycles. The Labute approximate surface area is 61.1 Å². The summed E-state index contributed by atoms with van der Waals surface area (Å²) in [7, 11) is -0.965. The van der Waals surface area contributed by atoms with Crippen molar-refractivity contribution >= 4 is 34.0 Å². The molecule has 0 aliphatic carbocycles. The van der Waals surface area contributed by atoms with E-state index < -0.39 is 10.8 Å². The molecule has 1 unspecified atom stereocenters. The van der Waals surface area contributed by atoms with Gasteiger partial charge in [-0.3, -0.25) is 4.21 Å². The van der Waals surface area contributed by atoms with Crippen LogP contribution in [0.2, 0.25) is 0 Å². The Kier molecular flexibility index (Phi) is 5.93. The van der Waals surface area contributed by atoms with Crippen LogP contribution in [0, 0.1) is 0 Å². The third-order valence-corrected chi connectivity index (χ3v) is 2.22. The molecule has 48 valence electrons. The minimum Gasteiger partial charge on any atom is -0.255 e. The first kappa shape index (κ1) is 8.47. The molecule has 0 saturated carbocycles. The Bertz CT molecular complexity index is 102. The van der Waals surface area contributed by atoms with Gasteiger partial charge in [0.05, 0.1) is 0 Å². The fourth-order valence-corrected chi connectivity index (χ4v) is 1.40. The summed E-state index contributed by atoms with van der Waals surface area (Å²) in [6.45, 7) is 0. The first-order valence-corrected chi connectivity index (χ1v) is 4.36. The predicted molar refractivity (Wildman–Crippen MR) is 38.7 cm³/mol. The number of alkyl halides is 1. The predicted octanol–water partition coefficient (Wildman–Crippen LogP) is 1.68. The van der Waals surface area contributed by atoms with E-state index in [1.54, 1.807) is 0 Å². The molecule has 0 aliphatic rings. The van der Waals surface area contributed by atoms with Gasteiger partial charge in [0.1, 0.15) is 0 Å². The van der Waals surface area contributed by atoms with Crippen LogP contribution < -0.4 is 0 Å². The topological polar surface area (TPSA) is 17.1 Å². The third-order valence-electron chi connectivity index (χ3n) is 0.482. The highest BCUT2D eigenvalue weighted by molar-refractivity contribution is 7.88. The monoisotopic (exact) mass is 172 g/mol. The number of hydrogen-bond donors (Lipinski definition) is 0. The van der Waals surface area contributed by atoms with Gasteiger partial charge in [0.15, 0.2) is 0 Å². The van der Waals surface area contributed by atoms with Gasteiger partial charge in [-0.2, -0.15) is 0 Å². The van der Waals surface area contributed by atoms with Gasteiger partial charge in [-0.25, -0.2) is 0 Å². The van der Waals surface area contributed by atoms with Crippen LogP contribution in [0.1, 0.15) is 0 Å². The lowest BCUT2D eigenvalue weighted by Gasteiger charge is -1.84. The number of rotatable bonds is 3. The quantitative estimate of drug-likeness (QED) is 0.593. The summed E-state index contributed by atoms with van der Waals surface area (Å²) in [6.07, 6.45) is 0. The summed E-state index contributed by atoms with van der Waals surface area (Å²) >= 11 is 10.4. The molecule has 0 rings (SSSR count). The van der Waals surface area contributed by atoms with E-state index in [4.69, 9.17) is 23.2 Å². The maximum Gasteiger partial charge on any atom is 0.0476 e. The minimum atomic E-state index is -0.965. The zero-order valence-electron chi connectivity index (χ0n) is 4.14. The molecule has 4 heteroatoms. The smallest absolute Gasteiger partial charge is 0.0476 e. The Morgan fingerprint density at radius 2 is 2.25 bits per heavy atom. The lowest BCUT2D eigenvalue weighted by molar-refractivity contribution is 0.689. The summed E-state index contributed by atoms with van der Waals surface area (Å²) in [5.41, 5.74) is 1.24. The van der Waals surface area contributed by atoms with E-state index in [9.17, 15) is 4.21 Å². The Balaban J connectivity index is 3.33. The van der Waals surface area contributed by atoms with Gasteiger partial charge in [-0.05, 0) is 0 Å². The Morgan fingerprint density at radius 1 is 1.62 bits per heavy atom. The highest BCUT2D eigenvalue weighted by atomic mass is 35.5. The lowest BCUT2D eigenvalue weighted by Crippen LogP contribution is -1.92. The average Bonchev–Trinajstić information content (AvgIpc) is 1.68. The molecule has 0 fully saturated rings. The standard InChI is InChI=1S/C4H6Cl2OS/c5-1-3-8(7)4-2-6/h1,3H,2,4H2/b3-1+. The van der Waals surface area contributed by atoms with Crippen LogP contribution in [0.15, 0.2) is 10.9 Å². The zero-order valence-corrected chi connectivity index (χ0v) is 6.47. The molecule has 0 amide bonds. The first-order valence-electron chi connectivity index (χ1n) is 2.01. The molecule has 8 heavy (non-hydrogen) atoms. The van der Waals surface area contributed by atoms with Crippen molar-refractivity contribution < 1.29 is 4.21 Å². The van der Waals surface area contributed by atoms with E-state index in [1.807, 2.05) is 0 Å². The number of halogens is 2. The molecule has 0 N–H and O–H groups in total. The molecule has 0 radical (unpaired) electrons. The summed E-state index contributed by atoms with van der Waals surface area (Å²) in [4.78, 5) is 0. The van der Waals surface area contributed by atoms with E-state index in [2.05, 4.69) is 0 Å². The van der Waals surface area contributed by atoms with E-state index in [0.29, 0.717) is 11.6 Å². The molecule has 0 heterocycles. The molecule has 0 saturated heterocycles. The van der Waals surface area contributed by atoms with E-state index in [1.165, 1.54) is 10.9 Å². The van der Waals surface area contributed by atoms with Crippen molar-refractivity contribution in [3.8, 4) is 0 Å². The molecule has 0 spiro atoms. The second kappa shape index (κ2) is 5.60. The maximum atomic E-state index is 10.5. The average molecular weight is 173 g/mol. The van der Waals surface area contributed by atoms with Crippen molar-refractivity contribution in [2.45, 2.75) is 0 Å². The highest BCUT2D eigenvalue weighted by Gasteiger charge is 1.88. The summed E-state index contributed by atoms with van der Waals surface area (Å²) in [5.74, 6) is 0.888. The molecule has 0 aromatic heterocycles. The molecule has 0 aromatic rings. The second-order valence-corrected chi connectivity index (χ2v) is 3.11. The van der Waals surface area contributed by atoms with Gasteiger partial charge < -0.3 is 0 Å². The van der Waals surface area contributed by atoms with Crippen LogP contribution in [0.3, 0.4) is 0 Å². The van der Waals surface area contributed by atoms with Crippen molar-refractivity contribution in [2.75, 3.05) is 11.6 Å². The second-order valence-electron chi connectivity index (χ2n) is 1.04. The SMILES string of the molecule is O=S(/C=C/Cl)CCCl. The van der Waals surface area contributed by atoms with Crippen molar-refractivity contribution in [3.63, 3.8) is 0 Å². The van der Waals surface area contributed by atoms with Gasteiger partial charge in [-0.15, -0.1) is 11.6 Å². The van der Waals surface area contributed by atoms with E-state index in [0.717, 1.165) is 0 Å². The first-order chi connectivity index (χ1) is 3.81. The van der Waals surface area contributed by atoms with Gasteiger partial charge in [0.2, 0.25) is 0 Å². The fraction of sp³-hybridized carbons (Fsp3) is 0.500. The van der Waals surface area contributed by atoms with Gasteiger partial charge in [0.25, 0.3) is 0 Å². The third kappa shape index (κ3) is 4.62. The molecule has 0 aliphatic heterocycles. The van der Waals surface area contributed by atoms with Crippen LogP contribution in [0.4, 0.5) is 0 Å². The molecular weight excluding hydrogens is 167 g/mol. The zero-order chi connectivity index (χ0) is 6.41. The van der Waals surface area contributed by atoms with Crippen molar-refractivity contribution in [3.05, 3.63) is 10.9 Å². The summed E-state index contributed by atoms with van der Waals surface area (Å²) in [5, 5.41) is 1.41. The van der Waals surface area contributed by atoms with E-state index >= 15 is 0 Å². The summed E-state index contributed by atoms with van der Waals surface area (Å²) < 4.78 is 10.5. The number of hydrogen-bond acceptors (Lipinski definition) is 1. The largest absolute Gasteiger partial charge is 0.255 e. The Morgan fingerprint density at radius 3 is 2.62 bits per heavy atom. The van der Waals surface area contributed by atoms with Gasteiger partial charge in [-0.1, -0.05) is 11.6 Å². The Hall–Kier alpha value is 0.470. The van der Waals surface area contributed by atoms with Crippen molar-refractivity contribution in [2.24, 2.45) is 0 Å². The van der Waals surface area contributed by atoms with E-state index in [-0.39, 0.29) is 0 Å². The molecule has 0 bridgehead atoms. The van der Waals surface area contributed by atoms with Crippen LogP contribution in [0.5, 0.6) is 0 Å². The molecule has 1 nitrogen and oxygen atoms in total. The summed E-state index contributed by atoms with van der Waals surface area (Å²) in [6, 6.07) is 0. The molecule has 1 atom stereocenters. The van der Waals surface area contributed by atoms with Gasteiger partial charge in [0, 0.05) is 33.4 Å².